The minimum absolute atomic E-state index is 0.293. The van der Waals surface area contributed by atoms with Gasteiger partial charge in [-0.2, -0.15) is 0 Å². The van der Waals surface area contributed by atoms with E-state index >= 15 is 0 Å². The van der Waals surface area contributed by atoms with Crippen molar-refractivity contribution in [2.45, 2.75) is 26.3 Å². The average Bonchev–Trinajstić information content (AvgIpc) is 2.71. The van der Waals surface area contributed by atoms with E-state index in [9.17, 15) is 9.59 Å². The maximum absolute atomic E-state index is 12.3. The van der Waals surface area contributed by atoms with Crippen LogP contribution < -0.4 is 4.74 Å². The third-order valence-electron chi connectivity index (χ3n) is 2.37. The van der Waals surface area contributed by atoms with Crippen molar-refractivity contribution in [1.82, 2.24) is 4.90 Å². The van der Waals surface area contributed by atoms with Crippen molar-refractivity contribution in [2.75, 3.05) is 13.7 Å². The van der Waals surface area contributed by atoms with Crippen LogP contribution in [0.1, 0.15) is 30.4 Å². The number of hydrogen-bond acceptors (Lipinski definition) is 4. The lowest BCUT2D eigenvalue weighted by Crippen LogP contribution is -2.48. The number of hydrogen-bond donors (Lipinski definition) is 1. The van der Waals surface area contributed by atoms with Crippen LogP contribution >= 0.6 is 11.3 Å². The van der Waals surface area contributed by atoms with Gasteiger partial charge in [0.05, 0.1) is 12.0 Å². The quantitative estimate of drug-likeness (QED) is 0.910. The van der Waals surface area contributed by atoms with Crippen LogP contribution in [0.15, 0.2) is 11.4 Å². The van der Waals surface area contributed by atoms with Gasteiger partial charge in [-0.15, -0.1) is 11.3 Å². The predicted octanol–water partition coefficient (Wildman–Crippen LogP) is 2.08. The monoisotopic (exact) mass is 271 g/mol. The number of ether oxygens (including phenoxy) is 1. The third kappa shape index (κ3) is 3.46. The van der Waals surface area contributed by atoms with Gasteiger partial charge < -0.3 is 14.7 Å². The first-order chi connectivity index (χ1) is 8.25. The maximum Gasteiger partial charge on any atom is 0.323 e. The second kappa shape index (κ2) is 5.39. The van der Waals surface area contributed by atoms with Gasteiger partial charge in [-0.3, -0.25) is 9.59 Å². The molecular formula is C12H17NO4S. The molecule has 1 heterocycles. The Bertz CT molecular complexity index is 447. The fourth-order valence-electron chi connectivity index (χ4n) is 1.42. The molecule has 5 nitrogen and oxygen atoms in total. The van der Waals surface area contributed by atoms with Crippen LogP contribution in [0, 0.1) is 0 Å². The number of carbonyl (C=O) groups excluding carboxylic acids is 1. The van der Waals surface area contributed by atoms with E-state index in [2.05, 4.69) is 0 Å². The number of nitrogens with zero attached hydrogens (tertiary/aromatic N) is 1. The van der Waals surface area contributed by atoms with Gasteiger partial charge in [0.2, 0.25) is 0 Å². The molecule has 0 aliphatic rings. The summed E-state index contributed by atoms with van der Waals surface area (Å²) < 4.78 is 5.01. The van der Waals surface area contributed by atoms with Crippen LogP contribution in [0.2, 0.25) is 0 Å². The molecule has 0 radical (unpaired) electrons. The summed E-state index contributed by atoms with van der Waals surface area (Å²) in [6.07, 6.45) is 0. The zero-order valence-electron chi connectivity index (χ0n) is 10.9. The summed E-state index contributed by atoms with van der Waals surface area (Å²) >= 11 is 1.24. The summed E-state index contributed by atoms with van der Waals surface area (Å²) in [6.45, 7) is 5.10. The number of rotatable bonds is 4. The minimum Gasteiger partial charge on any atom is -0.496 e. The van der Waals surface area contributed by atoms with E-state index in [-0.39, 0.29) is 12.5 Å². The van der Waals surface area contributed by atoms with E-state index in [1.54, 1.807) is 32.2 Å². The molecule has 0 atom stereocenters. The van der Waals surface area contributed by atoms with E-state index < -0.39 is 11.5 Å². The first kappa shape index (κ1) is 14.5. The summed E-state index contributed by atoms with van der Waals surface area (Å²) in [5.74, 6) is -0.715. The number of carboxylic acids is 1. The summed E-state index contributed by atoms with van der Waals surface area (Å²) in [6, 6.07) is 1.62. The molecule has 100 valence electrons. The highest BCUT2D eigenvalue weighted by atomic mass is 32.1. The second-order valence-corrected chi connectivity index (χ2v) is 5.72. The first-order valence-corrected chi connectivity index (χ1v) is 6.30. The smallest absolute Gasteiger partial charge is 0.323 e. The normalized spacial score (nSPS) is 11.1. The highest BCUT2D eigenvalue weighted by molar-refractivity contribution is 7.12. The van der Waals surface area contributed by atoms with Gasteiger partial charge in [-0.25, -0.2) is 0 Å². The molecule has 18 heavy (non-hydrogen) atoms. The molecule has 1 amide bonds. The Kier molecular flexibility index (Phi) is 4.34. The van der Waals surface area contributed by atoms with E-state index in [1.165, 1.54) is 23.3 Å². The molecule has 0 spiro atoms. The summed E-state index contributed by atoms with van der Waals surface area (Å²) in [5.41, 5.74) is -0.549. The Morgan fingerprint density at radius 2 is 2.06 bits per heavy atom. The number of carboxylic acid groups (broad SMARTS) is 1. The second-order valence-electron chi connectivity index (χ2n) is 4.81. The van der Waals surface area contributed by atoms with Gasteiger partial charge in [0.15, 0.2) is 0 Å². The number of methoxy groups -OCH3 is 1. The van der Waals surface area contributed by atoms with Crippen molar-refractivity contribution in [2.24, 2.45) is 0 Å². The molecule has 0 bridgehead atoms. The molecule has 0 aliphatic carbocycles. The molecule has 1 aromatic heterocycles. The molecule has 6 heteroatoms. The summed E-state index contributed by atoms with van der Waals surface area (Å²) in [7, 11) is 1.52. The lowest BCUT2D eigenvalue weighted by atomic mass is 10.1. The molecule has 0 aromatic carbocycles. The number of thiophene rings is 1. The average molecular weight is 271 g/mol. The van der Waals surface area contributed by atoms with E-state index in [4.69, 9.17) is 9.84 Å². The van der Waals surface area contributed by atoms with Crippen molar-refractivity contribution in [3.05, 3.63) is 16.3 Å². The number of carbonyl (C=O) groups is 2. The highest BCUT2D eigenvalue weighted by Crippen LogP contribution is 2.25. The SMILES string of the molecule is COc1csc(C(=O)N(CC(=O)O)C(C)(C)C)c1. The van der Waals surface area contributed by atoms with Gasteiger partial charge in [-0.05, 0) is 20.8 Å². The van der Waals surface area contributed by atoms with Crippen molar-refractivity contribution in [3.8, 4) is 5.75 Å². The van der Waals surface area contributed by atoms with Crippen LogP contribution in [-0.4, -0.2) is 41.1 Å². The van der Waals surface area contributed by atoms with Crippen LogP contribution in [0.4, 0.5) is 0 Å². The molecule has 1 aromatic rings. The Labute approximate surface area is 110 Å². The Hall–Kier alpha value is -1.56. The van der Waals surface area contributed by atoms with Gasteiger partial charge in [-0.1, -0.05) is 0 Å². The van der Waals surface area contributed by atoms with Crippen molar-refractivity contribution >= 4 is 23.2 Å². The van der Waals surface area contributed by atoms with Crippen LogP contribution in [0.25, 0.3) is 0 Å². The van der Waals surface area contributed by atoms with E-state index in [0.29, 0.717) is 10.6 Å². The van der Waals surface area contributed by atoms with Crippen LogP contribution in [-0.2, 0) is 4.79 Å². The zero-order chi connectivity index (χ0) is 13.9. The van der Waals surface area contributed by atoms with E-state index in [1.807, 2.05) is 0 Å². The van der Waals surface area contributed by atoms with Crippen molar-refractivity contribution in [3.63, 3.8) is 0 Å². The lowest BCUT2D eigenvalue weighted by molar-refractivity contribution is -0.138. The number of aliphatic carboxylic acids is 1. The topological polar surface area (TPSA) is 66.8 Å². The van der Waals surface area contributed by atoms with Crippen molar-refractivity contribution < 1.29 is 19.4 Å². The van der Waals surface area contributed by atoms with E-state index in [0.717, 1.165) is 0 Å². The largest absolute Gasteiger partial charge is 0.496 e. The van der Waals surface area contributed by atoms with Gasteiger partial charge >= 0.3 is 5.97 Å². The molecule has 0 fully saturated rings. The molecule has 1 rings (SSSR count). The molecule has 0 saturated carbocycles. The molecular weight excluding hydrogens is 254 g/mol. The zero-order valence-corrected chi connectivity index (χ0v) is 11.7. The van der Waals surface area contributed by atoms with Gasteiger partial charge in [0, 0.05) is 17.0 Å². The lowest BCUT2D eigenvalue weighted by Gasteiger charge is -2.34. The summed E-state index contributed by atoms with van der Waals surface area (Å²) in [5, 5.41) is 10.6. The fraction of sp³-hybridized carbons (Fsp3) is 0.500. The molecule has 0 unspecified atom stereocenters. The molecule has 0 saturated heterocycles. The van der Waals surface area contributed by atoms with Crippen molar-refractivity contribution in [1.29, 1.82) is 0 Å². The minimum atomic E-state index is -1.03. The maximum atomic E-state index is 12.3. The number of amides is 1. The predicted molar refractivity (Wildman–Crippen MR) is 69.3 cm³/mol. The first-order valence-electron chi connectivity index (χ1n) is 5.42. The van der Waals surface area contributed by atoms with Gasteiger partial charge in [0.25, 0.3) is 5.91 Å². The molecule has 0 aliphatic heterocycles. The third-order valence-corrected chi connectivity index (χ3v) is 3.27. The summed E-state index contributed by atoms with van der Waals surface area (Å²) in [4.78, 5) is 24.9. The van der Waals surface area contributed by atoms with Gasteiger partial charge in [0.1, 0.15) is 12.3 Å². The standard InChI is InChI=1S/C12H17NO4S/c1-12(2,3)13(6-10(14)15)11(16)9-5-8(17-4)7-18-9/h5,7H,6H2,1-4H3,(H,14,15). The Balaban J connectivity index is 2.98. The highest BCUT2D eigenvalue weighted by Gasteiger charge is 2.30. The van der Waals surface area contributed by atoms with Crippen LogP contribution in [0.3, 0.4) is 0 Å². The molecule has 1 N–H and O–H groups in total. The fourth-order valence-corrected chi connectivity index (χ4v) is 2.22. The Morgan fingerprint density at radius 1 is 1.44 bits per heavy atom. The Morgan fingerprint density at radius 3 is 2.44 bits per heavy atom. The van der Waals surface area contributed by atoms with Crippen LogP contribution in [0.5, 0.6) is 5.75 Å².